The first-order valence-corrected chi connectivity index (χ1v) is 8.27. The normalized spacial score (nSPS) is 18.4. The number of thioether (sulfide) groups is 1. The van der Waals surface area contributed by atoms with Crippen LogP contribution in [0.25, 0.3) is 6.08 Å². The minimum atomic E-state index is -0.0645. The van der Waals surface area contributed by atoms with Gasteiger partial charge in [0, 0.05) is 18.6 Å². The van der Waals surface area contributed by atoms with E-state index in [9.17, 15) is 4.79 Å². The molecular formula is C15H17BrN2O3S. The first-order chi connectivity index (χ1) is 10.5. The molecule has 1 aromatic carbocycles. The summed E-state index contributed by atoms with van der Waals surface area (Å²) in [6, 6.07) is 3.69. The number of nitrogens with zero attached hydrogens (tertiary/aromatic N) is 2. The van der Waals surface area contributed by atoms with E-state index < -0.39 is 0 Å². The van der Waals surface area contributed by atoms with Gasteiger partial charge >= 0.3 is 0 Å². The Balaban J connectivity index is 2.42. The zero-order chi connectivity index (χ0) is 16.3. The molecule has 1 amide bonds. The molecule has 1 aliphatic rings. The molecule has 7 heteroatoms. The van der Waals surface area contributed by atoms with Crippen LogP contribution < -0.4 is 9.47 Å². The van der Waals surface area contributed by atoms with Gasteiger partial charge in [-0.2, -0.15) is 0 Å². The summed E-state index contributed by atoms with van der Waals surface area (Å²) in [6.07, 6.45) is 1.82. The Morgan fingerprint density at radius 1 is 1.41 bits per heavy atom. The van der Waals surface area contributed by atoms with E-state index >= 15 is 0 Å². The number of carbonyl (C=O) groups is 1. The number of amides is 1. The molecule has 0 N–H and O–H groups in total. The number of rotatable bonds is 4. The summed E-state index contributed by atoms with van der Waals surface area (Å²) < 4.78 is 11.7. The lowest BCUT2D eigenvalue weighted by Crippen LogP contribution is -2.23. The summed E-state index contributed by atoms with van der Waals surface area (Å²) in [5.74, 6) is 1.23. The van der Waals surface area contributed by atoms with Gasteiger partial charge in [-0.15, -0.1) is 0 Å². The molecular weight excluding hydrogens is 368 g/mol. The lowest BCUT2D eigenvalue weighted by atomic mass is 10.2. The van der Waals surface area contributed by atoms with Gasteiger partial charge in [-0.3, -0.25) is 14.7 Å². The number of hydrogen-bond acceptors (Lipinski definition) is 5. The number of methoxy groups -OCH3 is 1. The van der Waals surface area contributed by atoms with Crippen LogP contribution in [0.4, 0.5) is 0 Å². The van der Waals surface area contributed by atoms with Gasteiger partial charge in [-0.1, -0.05) is 15.9 Å². The summed E-state index contributed by atoms with van der Waals surface area (Å²) in [5.41, 5.74) is 0.849. The lowest BCUT2D eigenvalue weighted by molar-refractivity contribution is -0.121. The van der Waals surface area contributed by atoms with Crippen LogP contribution in [-0.4, -0.2) is 43.8 Å². The molecule has 1 fully saturated rings. The van der Waals surface area contributed by atoms with Crippen molar-refractivity contribution in [3.63, 3.8) is 0 Å². The van der Waals surface area contributed by atoms with Crippen molar-refractivity contribution < 1.29 is 14.3 Å². The highest BCUT2D eigenvalue weighted by molar-refractivity contribution is 9.10. The molecule has 0 radical (unpaired) electrons. The predicted octanol–water partition coefficient (Wildman–Crippen LogP) is 3.39. The Morgan fingerprint density at radius 3 is 2.68 bits per heavy atom. The maximum Gasteiger partial charge on any atom is 0.266 e. The Hall–Kier alpha value is -1.47. The van der Waals surface area contributed by atoms with E-state index in [4.69, 9.17) is 9.47 Å². The molecule has 0 bridgehead atoms. The minimum Gasteiger partial charge on any atom is -0.493 e. The molecule has 0 aliphatic carbocycles. The quantitative estimate of drug-likeness (QED) is 0.746. The number of amidine groups is 1. The molecule has 118 valence electrons. The maximum absolute atomic E-state index is 12.2. The third kappa shape index (κ3) is 3.30. The largest absolute Gasteiger partial charge is 0.493 e. The Kier molecular flexibility index (Phi) is 5.52. The summed E-state index contributed by atoms with van der Waals surface area (Å²) in [5, 5.41) is 0.685. The Bertz CT molecular complexity index is 658. The molecule has 0 spiro atoms. The molecule has 1 aliphatic heterocycles. The van der Waals surface area contributed by atoms with Crippen molar-refractivity contribution in [3.05, 3.63) is 27.1 Å². The summed E-state index contributed by atoms with van der Waals surface area (Å²) >= 11 is 4.86. The number of halogens is 1. The van der Waals surface area contributed by atoms with Crippen molar-refractivity contribution in [2.75, 3.05) is 27.8 Å². The second-order valence-electron chi connectivity index (χ2n) is 4.44. The highest BCUT2D eigenvalue weighted by Gasteiger charge is 2.30. The third-order valence-corrected chi connectivity index (χ3v) is 4.90. The van der Waals surface area contributed by atoms with Crippen LogP contribution in [-0.2, 0) is 4.79 Å². The van der Waals surface area contributed by atoms with Crippen LogP contribution in [0.2, 0.25) is 0 Å². The van der Waals surface area contributed by atoms with E-state index in [1.54, 1.807) is 21.2 Å². The van der Waals surface area contributed by atoms with Gasteiger partial charge in [0.25, 0.3) is 5.91 Å². The van der Waals surface area contributed by atoms with Crippen LogP contribution in [0.3, 0.4) is 0 Å². The monoisotopic (exact) mass is 384 g/mol. The van der Waals surface area contributed by atoms with Crippen LogP contribution in [0.5, 0.6) is 11.5 Å². The van der Waals surface area contributed by atoms with E-state index in [1.807, 2.05) is 25.1 Å². The smallest absolute Gasteiger partial charge is 0.266 e. The Labute approximate surface area is 142 Å². The highest BCUT2D eigenvalue weighted by Crippen LogP contribution is 2.37. The van der Waals surface area contributed by atoms with Crippen molar-refractivity contribution in [3.8, 4) is 11.5 Å². The molecule has 0 aromatic heterocycles. The van der Waals surface area contributed by atoms with Crippen molar-refractivity contribution in [2.24, 2.45) is 4.99 Å². The molecule has 2 rings (SSSR count). The standard InChI is InChI=1S/C15H17BrN2O3S/c1-5-21-12-8-10(16)9(6-11(12)20-4)7-13-14(19)18(3)15(17-2)22-13/h6-8H,5H2,1-4H3/b13-7+,17-15?. The molecule has 0 saturated carbocycles. The number of likely N-dealkylation sites (N-methyl/N-ethyl adjacent to an activating group) is 1. The van der Waals surface area contributed by atoms with Crippen molar-refractivity contribution in [1.29, 1.82) is 0 Å². The summed E-state index contributed by atoms with van der Waals surface area (Å²) in [7, 11) is 4.98. The lowest BCUT2D eigenvalue weighted by Gasteiger charge is -2.11. The third-order valence-electron chi connectivity index (χ3n) is 3.06. The SMILES string of the molecule is CCOc1cc(Br)c(/C=C2/SC(=NC)N(C)C2=O)cc1OC. The van der Waals surface area contributed by atoms with Crippen LogP contribution >= 0.6 is 27.7 Å². The number of ether oxygens (including phenoxy) is 2. The van der Waals surface area contributed by atoms with Crippen LogP contribution in [0.15, 0.2) is 26.5 Å². The van der Waals surface area contributed by atoms with Crippen molar-refractivity contribution >= 4 is 44.8 Å². The fraction of sp³-hybridized carbons (Fsp3) is 0.333. The number of hydrogen-bond donors (Lipinski definition) is 0. The van der Waals surface area contributed by atoms with Crippen molar-refractivity contribution in [2.45, 2.75) is 6.92 Å². The second kappa shape index (κ2) is 7.19. The fourth-order valence-corrected chi connectivity index (χ4v) is 3.33. The molecule has 0 atom stereocenters. The Morgan fingerprint density at radius 2 is 2.14 bits per heavy atom. The van der Waals surface area contributed by atoms with Gasteiger partial charge in [0.05, 0.1) is 18.6 Å². The van der Waals surface area contributed by atoms with Gasteiger partial charge in [0.2, 0.25) is 0 Å². The van der Waals surface area contributed by atoms with Gasteiger partial charge in [-0.25, -0.2) is 0 Å². The topological polar surface area (TPSA) is 51.1 Å². The zero-order valence-electron chi connectivity index (χ0n) is 12.8. The minimum absolute atomic E-state index is 0.0645. The van der Waals surface area contributed by atoms with E-state index in [2.05, 4.69) is 20.9 Å². The van der Waals surface area contributed by atoms with E-state index in [1.165, 1.54) is 16.7 Å². The van der Waals surface area contributed by atoms with E-state index in [0.29, 0.717) is 28.2 Å². The summed E-state index contributed by atoms with van der Waals surface area (Å²) in [6.45, 7) is 2.47. The van der Waals surface area contributed by atoms with Gasteiger partial charge in [-0.05, 0) is 42.5 Å². The predicted molar refractivity (Wildman–Crippen MR) is 93.6 cm³/mol. The average molecular weight is 385 g/mol. The first-order valence-electron chi connectivity index (χ1n) is 6.66. The highest BCUT2D eigenvalue weighted by atomic mass is 79.9. The molecule has 1 aromatic rings. The fourth-order valence-electron chi connectivity index (χ4n) is 1.98. The molecule has 0 unspecified atom stereocenters. The van der Waals surface area contributed by atoms with Crippen LogP contribution in [0, 0.1) is 0 Å². The van der Waals surface area contributed by atoms with Gasteiger partial charge < -0.3 is 9.47 Å². The second-order valence-corrected chi connectivity index (χ2v) is 6.30. The van der Waals surface area contributed by atoms with Crippen molar-refractivity contribution in [1.82, 2.24) is 4.90 Å². The van der Waals surface area contributed by atoms with Gasteiger partial charge in [0.1, 0.15) is 0 Å². The number of carbonyl (C=O) groups excluding carboxylic acids is 1. The zero-order valence-corrected chi connectivity index (χ0v) is 15.2. The van der Waals surface area contributed by atoms with Crippen LogP contribution in [0.1, 0.15) is 12.5 Å². The molecule has 5 nitrogen and oxygen atoms in total. The molecule has 22 heavy (non-hydrogen) atoms. The van der Waals surface area contributed by atoms with E-state index in [-0.39, 0.29) is 5.91 Å². The average Bonchev–Trinajstić information content (AvgIpc) is 2.78. The molecule has 1 heterocycles. The summed E-state index contributed by atoms with van der Waals surface area (Å²) in [4.78, 5) is 18.5. The van der Waals surface area contributed by atoms with E-state index in [0.717, 1.165) is 10.0 Å². The number of aliphatic imine (C=N–C) groups is 1. The molecule has 1 saturated heterocycles. The first kappa shape index (κ1) is 16.9. The maximum atomic E-state index is 12.2. The number of benzene rings is 1. The van der Waals surface area contributed by atoms with Gasteiger partial charge in [0.15, 0.2) is 16.7 Å².